The predicted molar refractivity (Wildman–Crippen MR) is 113 cm³/mol. The highest BCUT2D eigenvalue weighted by molar-refractivity contribution is 6.31. The van der Waals surface area contributed by atoms with E-state index in [4.69, 9.17) is 11.6 Å². The molecule has 0 unspecified atom stereocenters. The average molecular weight is 413 g/mol. The van der Waals surface area contributed by atoms with Gasteiger partial charge in [-0.1, -0.05) is 29.8 Å². The number of anilines is 1. The molecule has 0 aliphatic carbocycles. The standard InChI is InChI=1S/C22H22ClFN4O/c1-14-17(23)5-4-8-20(14)28-21(15-9-11-25-12-10-15)16(13-26-28)22(29)27-19-7-3-2-6-18(19)24/h2-8,13,15,25H,9-12H2,1H3,(H,27,29). The molecule has 4 rings (SSSR count). The van der Waals surface area contributed by atoms with Crippen LogP contribution in [0.3, 0.4) is 0 Å². The molecule has 0 atom stereocenters. The lowest BCUT2D eigenvalue weighted by Gasteiger charge is -2.25. The molecule has 0 saturated carbocycles. The van der Waals surface area contributed by atoms with Gasteiger partial charge >= 0.3 is 0 Å². The van der Waals surface area contributed by atoms with Crippen molar-refractivity contribution in [2.45, 2.75) is 25.7 Å². The summed E-state index contributed by atoms with van der Waals surface area (Å²) in [5.74, 6) is -0.671. The average Bonchev–Trinajstić information content (AvgIpc) is 3.17. The van der Waals surface area contributed by atoms with E-state index in [2.05, 4.69) is 15.7 Å². The van der Waals surface area contributed by atoms with Crippen molar-refractivity contribution in [3.8, 4) is 5.69 Å². The molecule has 1 saturated heterocycles. The van der Waals surface area contributed by atoms with Crippen LogP contribution in [0, 0.1) is 12.7 Å². The van der Waals surface area contributed by atoms with Gasteiger partial charge in [-0.25, -0.2) is 9.07 Å². The molecule has 2 N–H and O–H groups in total. The number of aromatic nitrogens is 2. The fourth-order valence-corrected chi connectivity index (χ4v) is 3.96. The van der Waals surface area contributed by atoms with E-state index in [0.29, 0.717) is 10.6 Å². The number of halogens is 2. The number of nitrogens with one attached hydrogen (secondary N) is 2. The zero-order chi connectivity index (χ0) is 20.4. The number of rotatable bonds is 4. The molecule has 1 aromatic heterocycles. The quantitative estimate of drug-likeness (QED) is 0.653. The van der Waals surface area contributed by atoms with Gasteiger partial charge in [0.25, 0.3) is 5.91 Å². The Bertz CT molecular complexity index is 1040. The van der Waals surface area contributed by atoms with Crippen molar-refractivity contribution in [1.29, 1.82) is 0 Å². The number of amides is 1. The molecule has 1 aliphatic heterocycles. The minimum Gasteiger partial charge on any atom is -0.319 e. The van der Waals surface area contributed by atoms with Gasteiger partial charge in [0.15, 0.2) is 0 Å². The lowest BCUT2D eigenvalue weighted by atomic mass is 9.91. The van der Waals surface area contributed by atoms with Gasteiger partial charge in [-0.15, -0.1) is 0 Å². The SMILES string of the molecule is Cc1c(Cl)cccc1-n1ncc(C(=O)Nc2ccccc2F)c1C1CCNCC1. The zero-order valence-electron chi connectivity index (χ0n) is 16.1. The molecule has 1 amide bonds. The first kappa shape index (κ1) is 19.6. The number of para-hydroxylation sites is 1. The fourth-order valence-electron chi connectivity index (χ4n) is 3.79. The Balaban J connectivity index is 1.78. The highest BCUT2D eigenvalue weighted by atomic mass is 35.5. The minimum absolute atomic E-state index is 0.153. The second-order valence-corrected chi connectivity index (χ2v) is 7.60. The van der Waals surface area contributed by atoms with E-state index in [1.54, 1.807) is 24.4 Å². The third-order valence-corrected chi connectivity index (χ3v) is 5.78. The van der Waals surface area contributed by atoms with Gasteiger partial charge in [0.05, 0.1) is 28.8 Å². The van der Waals surface area contributed by atoms with Crippen molar-refractivity contribution in [1.82, 2.24) is 15.1 Å². The van der Waals surface area contributed by atoms with Gasteiger partial charge in [0.1, 0.15) is 5.82 Å². The van der Waals surface area contributed by atoms with E-state index in [1.165, 1.54) is 6.07 Å². The molecule has 1 fully saturated rings. The normalized spacial score (nSPS) is 14.7. The first-order chi connectivity index (χ1) is 14.1. The smallest absolute Gasteiger partial charge is 0.259 e. The molecular weight excluding hydrogens is 391 g/mol. The summed E-state index contributed by atoms with van der Waals surface area (Å²) >= 11 is 6.32. The van der Waals surface area contributed by atoms with Crippen LogP contribution >= 0.6 is 11.6 Å². The van der Waals surface area contributed by atoms with Crippen molar-refractivity contribution in [2.75, 3.05) is 18.4 Å². The number of hydrogen-bond acceptors (Lipinski definition) is 3. The number of piperidine rings is 1. The molecule has 3 aromatic rings. The molecule has 2 heterocycles. The number of hydrogen-bond donors (Lipinski definition) is 2. The van der Waals surface area contributed by atoms with Crippen molar-refractivity contribution in [3.63, 3.8) is 0 Å². The van der Waals surface area contributed by atoms with E-state index < -0.39 is 5.82 Å². The number of nitrogens with zero attached hydrogens (tertiary/aromatic N) is 2. The molecule has 2 aromatic carbocycles. The Kier molecular flexibility index (Phi) is 5.65. The number of carbonyl (C=O) groups is 1. The van der Waals surface area contributed by atoms with E-state index in [-0.39, 0.29) is 17.5 Å². The Morgan fingerprint density at radius 1 is 1.21 bits per heavy atom. The second kappa shape index (κ2) is 8.35. The topological polar surface area (TPSA) is 59.0 Å². The Hall–Kier alpha value is -2.70. The molecular formula is C22H22ClFN4O. The summed E-state index contributed by atoms with van der Waals surface area (Å²) in [6.45, 7) is 3.68. The van der Waals surface area contributed by atoms with E-state index in [1.807, 2.05) is 29.8 Å². The summed E-state index contributed by atoms with van der Waals surface area (Å²) in [5, 5.41) is 11.2. The Morgan fingerprint density at radius 3 is 2.72 bits per heavy atom. The van der Waals surface area contributed by atoms with E-state index in [9.17, 15) is 9.18 Å². The molecule has 1 aliphatic rings. The first-order valence-electron chi connectivity index (χ1n) is 9.66. The van der Waals surface area contributed by atoms with Crippen LogP contribution in [0.1, 0.15) is 40.4 Å². The van der Waals surface area contributed by atoms with E-state index >= 15 is 0 Å². The summed E-state index contributed by atoms with van der Waals surface area (Å²) in [6.07, 6.45) is 3.35. The lowest BCUT2D eigenvalue weighted by Crippen LogP contribution is -2.29. The van der Waals surface area contributed by atoms with Crippen LogP contribution in [0.15, 0.2) is 48.7 Å². The van der Waals surface area contributed by atoms with Crippen molar-refractivity contribution in [2.24, 2.45) is 0 Å². The minimum atomic E-state index is -0.470. The van der Waals surface area contributed by atoms with Crippen LogP contribution in [-0.4, -0.2) is 28.8 Å². The highest BCUT2D eigenvalue weighted by Gasteiger charge is 2.28. The van der Waals surface area contributed by atoms with Gasteiger partial charge in [-0.05, 0) is 62.7 Å². The molecule has 29 heavy (non-hydrogen) atoms. The molecule has 5 nitrogen and oxygen atoms in total. The molecule has 0 spiro atoms. The third-order valence-electron chi connectivity index (χ3n) is 5.37. The summed E-state index contributed by atoms with van der Waals surface area (Å²) in [4.78, 5) is 13.1. The molecule has 0 bridgehead atoms. The van der Waals surface area contributed by atoms with Gasteiger partial charge in [-0.2, -0.15) is 5.10 Å². The van der Waals surface area contributed by atoms with Crippen LogP contribution in [0.2, 0.25) is 5.02 Å². The van der Waals surface area contributed by atoms with Crippen molar-refractivity contribution >= 4 is 23.2 Å². The Labute approximate surface area is 173 Å². The molecule has 150 valence electrons. The maximum absolute atomic E-state index is 14.0. The maximum Gasteiger partial charge on any atom is 0.259 e. The largest absolute Gasteiger partial charge is 0.319 e. The van der Waals surface area contributed by atoms with Crippen LogP contribution in [-0.2, 0) is 0 Å². The molecule has 0 radical (unpaired) electrons. The lowest BCUT2D eigenvalue weighted by molar-refractivity contribution is 0.102. The summed E-state index contributed by atoms with van der Waals surface area (Å²) < 4.78 is 15.8. The van der Waals surface area contributed by atoms with Crippen LogP contribution < -0.4 is 10.6 Å². The van der Waals surface area contributed by atoms with Gasteiger partial charge < -0.3 is 10.6 Å². The highest BCUT2D eigenvalue weighted by Crippen LogP contribution is 2.32. The maximum atomic E-state index is 14.0. The fraction of sp³-hybridized carbons (Fsp3) is 0.273. The summed E-state index contributed by atoms with van der Waals surface area (Å²) in [6, 6.07) is 11.8. The zero-order valence-corrected chi connectivity index (χ0v) is 16.8. The predicted octanol–water partition coefficient (Wildman–Crippen LogP) is 4.69. The van der Waals surface area contributed by atoms with Crippen molar-refractivity contribution < 1.29 is 9.18 Å². The Morgan fingerprint density at radius 2 is 1.97 bits per heavy atom. The molecule has 7 heteroatoms. The van der Waals surface area contributed by atoms with Gasteiger partial charge in [0.2, 0.25) is 0 Å². The van der Waals surface area contributed by atoms with Crippen molar-refractivity contribution in [3.05, 3.63) is 76.3 Å². The third kappa shape index (κ3) is 3.91. The number of benzene rings is 2. The van der Waals surface area contributed by atoms with Crippen LogP contribution in [0.5, 0.6) is 0 Å². The second-order valence-electron chi connectivity index (χ2n) is 7.20. The number of carbonyl (C=O) groups excluding carboxylic acids is 1. The van der Waals surface area contributed by atoms with Gasteiger partial charge in [0, 0.05) is 10.9 Å². The van der Waals surface area contributed by atoms with Gasteiger partial charge in [-0.3, -0.25) is 4.79 Å². The monoisotopic (exact) mass is 412 g/mol. The summed E-state index contributed by atoms with van der Waals surface area (Å²) in [5.41, 5.74) is 3.19. The van der Waals surface area contributed by atoms with E-state index in [0.717, 1.165) is 42.9 Å². The van der Waals surface area contributed by atoms with Crippen LogP contribution in [0.4, 0.5) is 10.1 Å². The van der Waals surface area contributed by atoms with Crippen LogP contribution in [0.25, 0.3) is 5.69 Å². The first-order valence-corrected chi connectivity index (χ1v) is 10.0. The summed E-state index contributed by atoms with van der Waals surface area (Å²) in [7, 11) is 0.